The number of carbonyl (C=O) groups excluding carboxylic acids is 1. The summed E-state index contributed by atoms with van der Waals surface area (Å²) in [6.07, 6.45) is 2.61. The number of ether oxygens (including phenoxy) is 3. The van der Waals surface area contributed by atoms with Crippen LogP contribution >= 0.6 is 0 Å². The molecule has 0 atom stereocenters. The summed E-state index contributed by atoms with van der Waals surface area (Å²) in [5.74, 6) is -1.04. The second-order valence-electron chi connectivity index (χ2n) is 9.60. The highest BCUT2D eigenvalue weighted by molar-refractivity contribution is 5.98. The number of Topliss-reactive ketones (excluding diaryl/α,β-unsaturated/α-hetero) is 1. The molecule has 9 nitrogen and oxygen atoms in total. The van der Waals surface area contributed by atoms with Gasteiger partial charge < -0.3 is 23.9 Å². The summed E-state index contributed by atoms with van der Waals surface area (Å²) in [6, 6.07) is 12.6. The Hall–Kier alpha value is -5.16. The van der Waals surface area contributed by atoms with Gasteiger partial charge in [0.2, 0.25) is 0 Å². The lowest BCUT2D eigenvalue weighted by atomic mass is 9.97. The van der Waals surface area contributed by atoms with Crippen molar-refractivity contribution in [2.75, 3.05) is 20.8 Å². The molecule has 0 aliphatic carbocycles. The predicted molar refractivity (Wildman–Crippen MR) is 155 cm³/mol. The van der Waals surface area contributed by atoms with Crippen molar-refractivity contribution in [2.24, 2.45) is 0 Å². The van der Waals surface area contributed by atoms with E-state index in [2.05, 4.69) is 9.97 Å². The van der Waals surface area contributed by atoms with Crippen molar-refractivity contribution >= 4 is 16.8 Å². The average Bonchev–Trinajstić information content (AvgIpc) is 3.00. The molecule has 3 aromatic heterocycles. The number of benzene rings is 2. The molecule has 0 saturated heterocycles. The third kappa shape index (κ3) is 5.93. The first-order valence-electron chi connectivity index (χ1n) is 13.2. The molecule has 220 valence electrons. The van der Waals surface area contributed by atoms with Gasteiger partial charge in [0, 0.05) is 48.7 Å². The minimum atomic E-state index is -0.732. The van der Waals surface area contributed by atoms with Crippen molar-refractivity contribution in [3.05, 3.63) is 106 Å². The van der Waals surface area contributed by atoms with Crippen molar-refractivity contribution in [1.29, 1.82) is 0 Å². The molecule has 2 aromatic carbocycles. The van der Waals surface area contributed by atoms with E-state index < -0.39 is 22.8 Å². The van der Waals surface area contributed by atoms with Crippen LogP contribution in [0.1, 0.15) is 21.6 Å². The fourth-order valence-electron chi connectivity index (χ4n) is 4.77. The topological polar surface area (TPSA) is 113 Å². The first-order chi connectivity index (χ1) is 20.7. The van der Waals surface area contributed by atoms with E-state index in [1.54, 1.807) is 17.6 Å². The number of carbonyl (C=O) groups is 1. The molecule has 0 aliphatic heterocycles. The number of pyridine rings is 3. The molecule has 0 spiro atoms. The molecule has 11 heteroatoms. The maximum absolute atomic E-state index is 15.2. The van der Waals surface area contributed by atoms with Crippen molar-refractivity contribution in [3.8, 4) is 34.3 Å². The number of nitrogens with zero attached hydrogens (tertiary/aromatic N) is 3. The number of aliphatic hydroxyl groups is 1. The van der Waals surface area contributed by atoms with Crippen molar-refractivity contribution in [3.63, 3.8) is 0 Å². The molecule has 5 aromatic rings. The Morgan fingerprint density at radius 3 is 2.42 bits per heavy atom. The zero-order chi connectivity index (χ0) is 30.7. The number of ketones is 1. The third-order valence-corrected chi connectivity index (χ3v) is 6.93. The fraction of sp³-hybridized carbons (Fsp3) is 0.188. The molecule has 0 bridgehead atoms. The van der Waals surface area contributed by atoms with Gasteiger partial charge in [0.25, 0.3) is 5.88 Å². The van der Waals surface area contributed by atoms with Gasteiger partial charge in [0.05, 0.1) is 31.9 Å². The van der Waals surface area contributed by atoms with Gasteiger partial charge in [-0.05, 0) is 42.3 Å². The quantitative estimate of drug-likeness (QED) is 0.220. The lowest BCUT2D eigenvalue weighted by Crippen LogP contribution is -2.24. The van der Waals surface area contributed by atoms with E-state index >= 15 is 4.39 Å². The van der Waals surface area contributed by atoms with Crippen LogP contribution < -0.4 is 19.6 Å². The minimum Gasteiger partial charge on any atom is -0.491 e. The van der Waals surface area contributed by atoms with Crippen LogP contribution in [-0.4, -0.2) is 46.3 Å². The number of aromatic nitrogens is 3. The first kappa shape index (κ1) is 29.3. The first-order valence-corrected chi connectivity index (χ1v) is 13.2. The molecule has 5 rings (SSSR count). The Kier molecular flexibility index (Phi) is 8.44. The SMILES string of the molecule is COc1cc2nccc(Oc3ccc(CC(=O)c4cn(CCO)c(C)c(-c5ccc(F)cc5)c4=O)cc3F)c2nc1OC. The Morgan fingerprint density at radius 1 is 0.977 bits per heavy atom. The summed E-state index contributed by atoms with van der Waals surface area (Å²) in [4.78, 5) is 35.5. The number of hydrogen-bond acceptors (Lipinski definition) is 8. The van der Waals surface area contributed by atoms with E-state index in [-0.39, 0.29) is 48.1 Å². The fourth-order valence-corrected chi connectivity index (χ4v) is 4.77. The van der Waals surface area contributed by atoms with Crippen LogP contribution in [0.2, 0.25) is 0 Å². The van der Waals surface area contributed by atoms with Crippen molar-refractivity contribution in [1.82, 2.24) is 14.5 Å². The van der Waals surface area contributed by atoms with Crippen LogP contribution in [0.25, 0.3) is 22.2 Å². The van der Waals surface area contributed by atoms with Crippen LogP contribution in [0.15, 0.2) is 71.8 Å². The van der Waals surface area contributed by atoms with Crippen LogP contribution in [-0.2, 0) is 13.0 Å². The number of aliphatic hydroxyl groups excluding tert-OH is 1. The molecule has 1 N–H and O–H groups in total. The van der Waals surface area contributed by atoms with E-state index in [4.69, 9.17) is 14.2 Å². The highest BCUT2D eigenvalue weighted by Gasteiger charge is 2.21. The van der Waals surface area contributed by atoms with E-state index in [0.29, 0.717) is 33.6 Å². The van der Waals surface area contributed by atoms with Gasteiger partial charge in [-0.15, -0.1) is 0 Å². The molecule has 0 fully saturated rings. The Morgan fingerprint density at radius 2 is 1.74 bits per heavy atom. The second kappa shape index (κ2) is 12.4. The van der Waals surface area contributed by atoms with Gasteiger partial charge in [0.15, 0.2) is 34.3 Å². The summed E-state index contributed by atoms with van der Waals surface area (Å²) < 4.78 is 46.7. The average molecular weight is 588 g/mol. The van der Waals surface area contributed by atoms with E-state index in [1.807, 2.05) is 0 Å². The zero-order valence-corrected chi connectivity index (χ0v) is 23.6. The van der Waals surface area contributed by atoms with Gasteiger partial charge in [-0.2, -0.15) is 0 Å². The van der Waals surface area contributed by atoms with Crippen LogP contribution in [0.5, 0.6) is 23.1 Å². The zero-order valence-electron chi connectivity index (χ0n) is 23.6. The highest BCUT2D eigenvalue weighted by atomic mass is 19.1. The summed E-state index contributed by atoms with van der Waals surface area (Å²) in [6.45, 7) is 1.60. The van der Waals surface area contributed by atoms with Crippen LogP contribution in [0, 0.1) is 18.6 Å². The summed E-state index contributed by atoms with van der Waals surface area (Å²) in [7, 11) is 2.91. The minimum absolute atomic E-state index is 0.112. The maximum Gasteiger partial charge on any atom is 0.257 e. The molecular formula is C32H27F2N3O6. The Balaban J connectivity index is 1.44. The Labute approximate surface area is 244 Å². The Bertz CT molecular complexity index is 1890. The smallest absolute Gasteiger partial charge is 0.257 e. The van der Waals surface area contributed by atoms with Gasteiger partial charge in [-0.3, -0.25) is 14.6 Å². The molecule has 0 saturated carbocycles. The number of halogens is 2. The maximum atomic E-state index is 15.2. The van der Waals surface area contributed by atoms with Gasteiger partial charge in [-0.25, -0.2) is 13.8 Å². The lowest BCUT2D eigenvalue weighted by molar-refractivity contribution is 0.0991. The standard InChI is InChI=1S/C32H27F2N3O6/c1-18-29(20-5-7-21(33)8-6-20)31(40)22(17-37(18)12-13-38)25(39)15-19-4-9-26(23(34)14-19)43-27-10-11-35-24-16-28(41-2)32(42-3)36-30(24)27/h4-11,14,16-17,38H,12-13,15H2,1-3H3. The molecule has 43 heavy (non-hydrogen) atoms. The molecule has 0 aliphatic rings. The molecule has 0 amide bonds. The van der Waals surface area contributed by atoms with E-state index in [0.717, 1.165) is 6.07 Å². The number of rotatable bonds is 10. The molecule has 3 heterocycles. The van der Waals surface area contributed by atoms with Crippen LogP contribution in [0.3, 0.4) is 0 Å². The van der Waals surface area contributed by atoms with Gasteiger partial charge >= 0.3 is 0 Å². The summed E-state index contributed by atoms with van der Waals surface area (Å²) in [5, 5.41) is 9.54. The van der Waals surface area contributed by atoms with Crippen molar-refractivity contribution < 1.29 is 32.9 Å². The number of hydrogen-bond donors (Lipinski definition) is 1. The molecular weight excluding hydrogens is 560 g/mol. The number of fused-ring (bicyclic) bond motifs is 1. The summed E-state index contributed by atoms with van der Waals surface area (Å²) >= 11 is 0. The largest absolute Gasteiger partial charge is 0.491 e. The monoisotopic (exact) mass is 587 g/mol. The van der Waals surface area contributed by atoms with Gasteiger partial charge in [-0.1, -0.05) is 18.2 Å². The normalized spacial score (nSPS) is 11.0. The van der Waals surface area contributed by atoms with Crippen molar-refractivity contribution in [2.45, 2.75) is 19.9 Å². The second-order valence-corrected chi connectivity index (χ2v) is 9.60. The van der Waals surface area contributed by atoms with E-state index in [1.165, 1.54) is 69.1 Å². The van der Waals surface area contributed by atoms with Gasteiger partial charge in [0.1, 0.15) is 11.3 Å². The highest BCUT2D eigenvalue weighted by Crippen LogP contribution is 2.34. The predicted octanol–water partition coefficient (Wildman–Crippen LogP) is 5.27. The number of methoxy groups -OCH3 is 2. The summed E-state index contributed by atoms with van der Waals surface area (Å²) in [5.41, 5.74) is 1.61. The lowest BCUT2D eigenvalue weighted by Gasteiger charge is -2.16. The molecule has 0 radical (unpaired) electrons. The van der Waals surface area contributed by atoms with Crippen LogP contribution in [0.4, 0.5) is 8.78 Å². The van der Waals surface area contributed by atoms with E-state index in [9.17, 15) is 19.1 Å². The molecule has 0 unspecified atom stereocenters. The third-order valence-electron chi connectivity index (χ3n) is 6.93.